The summed E-state index contributed by atoms with van der Waals surface area (Å²) in [5.74, 6) is 1.17. The van der Waals surface area contributed by atoms with Gasteiger partial charge in [0.25, 0.3) is 5.91 Å². The number of nitrogens with one attached hydrogen (secondary N) is 1. The second-order valence-electron chi connectivity index (χ2n) is 7.23. The fourth-order valence-corrected chi connectivity index (χ4v) is 3.30. The number of benzene rings is 3. The van der Waals surface area contributed by atoms with Crippen LogP contribution in [0.2, 0.25) is 0 Å². The van der Waals surface area contributed by atoms with Crippen LogP contribution in [-0.4, -0.2) is 25.2 Å². The van der Waals surface area contributed by atoms with E-state index in [4.69, 9.17) is 14.2 Å². The van der Waals surface area contributed by atoms with Crippen LogP contribution in [0.4, 0.5) is 5.69 Å². The Hall–Kier alpha value is -3.31. The Bertz CT molecular complexity index is 968. The van der Waals surface area contributed by atoms with E-state index in [0.717, 1.165) is 25.0 Å². The zero-order chi connectivity index (χ0) is 20.6. The molecule has 1 fully saturated rings. The Morgan fingerprint density at radius 2 is 1.73 bits per heavy atom. The van der Waals surface area contributed by atoms with Crippen molar-refractivity contribution in [2.24, 2.45) is 0 Å². The van der Waals surface area contributed by atoms with Gasteiger partial charge in [-0.1, -0.05) is 42.5 Å². The maximum absolute atomic E-state index is 12.7. The number of hydrogen-bond acceptors (Lipinski definition) is 4. The summed E-state index contributed by atoms with van der Waals surface area (Å²) in [6, 6.07) is 24.5. The lowest BCUT2D eigenvalue weighted by molar-refractivity contribution is 0.0680. The molecule has 0 radical (unpaired) electrons. The Kier molecular flexibility index (Phi) is 6.62. The molecule has 5 nitrogen and oxygen atoms in total. The monoisotopic (exact) mass is 403 g/mol. The van der Waals surface area contributed by atoms with Gasteiger partial charge in [-0.05, 0) is 48.7 Å². The van der Waals surface area contributed by atoms with Crippen molar-refractivity contribution in [2.45, 2.75) is 25.6 Å². The van der Waals surface area contributed by atoms with Gasteiger partial charge in [-0.2, -0.15) is 0 Å². The van der Waals surface area contributed by atoms with Crippen LogP contribution in [0.15, 0.2) is 78.9 Å². The number of ether oxygens (including phenoxy) is 3. The number of carbonyl (C=O) groups excluding carboxylic acids is 1. The van der Waals surface area contributed by atoms with Gasteiger partial charge in [0.05, 0.1) is 6.10 Å². The second-order valence-corrected chi connectivity index (χ2v) is 7.23. The van der Waals surface area contributed by atoms with Crippen LogP contribution in [0.1, 0.15) is 28.8 Å². The van der Waals surface area contributed by atoms with Gasteiger partial charge in [0.15, 0.2) is 0 Å². The number of rotatable bonds is 8. The van der Waals surface area contributed by atoms with Crippen molar-refractivity contribution < 1.29 is 19.0 Å². The highest BCUT2D eigenvalue weighted by molar-refractivity contribution is 6.04. The van der Waals surface area contributed by atoms with Gasteiger partial charge in [-0.25, -0.2) is 0 Å². The molecular weight excluding hydrogens is 378 g/mol. The topological polar surface area (TPSA) is 56.8 Å². The number of carbonyl (C=O) groups is 1. The molecule has 4 rings (SSSR count). The molecule has 1 aliphatic heterocycles. The van der Waals surface area contributed by atoms with E-state index >= 15 is 0 Å². The van der Waals surface area contributed by atoms with E-state index in [-0.39, 0.29) is 12.0 Å². The predicted octanol–water partition coefficient (Wildman–Crippen LogP) is 5.08. The van der Waals surface area contributed by atoms with Crippen LogP contribution < -0.4 is 14.8 Å². The van der Waals surface area contributed by atoms with Crippen LogP contribution in [0.5, 0.6) is 11.5 Å². The fraction of sp³-hybridized carbons (Fsp3) is 0.240. The summed E-state index contributed by atoms with van der Waals surface area (Å²) in [4.78, 5) is 12.7. The zero-order valence-corrected chi connectivity index (χ0v) is 16.8. The van der Waals surface area contributed by atoms with Crippen molar-refractivity contribution in [3.8, 4) is 11.5 Å². The van der Waals surface area contributed by atoms with E-state index in [0.29, 0.717) is 36.0 Å². The first-order chi connectivity index (χ1) is 14.8. The predicted molar refractivity (Wildman–Crippen MR) is 116 cm³/mol. The standard InChI is InChI=1S/C25H25NO4/c27-25(20-9-4-11-22(15-20)29-17-19-7-2-1-3-8-19)26-21-10-5-12-23(16-21)30-18-24-13-6-14-28-24/h1-5,7-12,15-16,24H,6,13-14,17-18H2,(H,26,27). The van der Waals surface area contributed by atoms with Gasteiger partial charge in [0, 0.05) is 23.9 Å². The highest BCUT2D eigenvalue weighted by Crippen LogP contribution is 2.21. The molecule has 30 heavy (non-hydrogen) atoms. The molecule has 1 unspecified atom stereocenters. The molecule has 0 bridgehead atoms. The first-order valence-corrected chi connectivity index (χ1v) is 10.2. The molecule has 1 amide bonds. The molecule has 0 spiro atoms. The van der Waals surface area contributed by atoms with Crippen molar-refractivity contribution in [3.05, 3.63) is 90.0 Å². The molecule has 0 aromatic heterocycles. The molecule has 3 aromatic carbocycles. The van der Waals surface area contributed by atoms with E-state index in [2.05, 4.69) is 5.32 Å². The van der Waals surface area contributed by atoms with Gasteiger partial charge in [-0.15, -0.1) is 0 Å². The zero-order valence-electron chi connectivity index (χ0n) is 16.8. The maximum atomic E-state index is 12.7. The third-order valence-electron chi connectivity index (χ3n) is 4.90. The minimum absolute atomic E-state index is 0.155. The van der Waals surface area contributed by atoms with E-state index in [9.17, 15) is 4.79 Å². The molecule has 1 saturated heterocycles. The summed E-state index contributed by atoms with van der Waals surface area (Å²) in [5.41, 5.74) is 2.29. The lowest BCUT2D eigenvalue weighted by atomic mass is 10.2. The van der Waals surface area contributed by atoms with Gasteiger partial charge in [-0.3, -0.25) is 4.79 Å². The molecule has 3 aromatic rings. The van der Waals surface area contributed by atoms with Gasteiger partial charge >= 0.3 is 0 Å². The Morgan fingerprint density at radius 3 is 2.53 bits per heavy atom. The molecule has 5 heteroatoms. The van der Waals surface area contributed by atoms with Crippen molar-refractivity contribution in [3.63, 3.8) is 0 Å². The van der Waals surface area contributed by atoms with Crippen molar-refractivity contribution in [1.29, 1.82) is 0 Å². The molecule has 154 valence electrons. The average molecular weight is 403 g/mol. The quantitative estimate of drug-likeness (QED) is 0.570. The lowest BCUT2D eigenvalue weighted by Gasteiger charge is -2.13. The highest BCUT2D eigenvalue weighted by atomic mass is 16.5. The van der Waals surface area contributed by atoms with E-state index in [1.165, 1.54) is 0 Å². The lowest BCUT2D eigenvalue weighted by Crippen LogP contribution is -2.16. The minimum Gasteiger partial charge on any atom is -0.491 e. The van der Waals surface area contributed by atoms with E-state index < -0.39 is 0 Å². The second kappa shape index (κ2) is 9.94. The largest absolute Gasteiger partial charge is 0.491 e. The van der Waals surface area contributed by atoms with E-state index in [1.54, 1.807) is 12.1 Å². The summed E-state index contributed by atoms with van der Waals surface area (Å²) in [6.07, 6.45) is 2.26. The maximum Gasteiger partial charge on any atom is 0.255 e. The van der Waals surface area contributed by atoms with Gasteiger partial charge in [0.2, 0.25) is 0 Å². The van der Waals surface area contributed by atoms with Crippen molar-refractivity contribution in [1.82, 2.24) is 0 Å². The normalized spacial score (nSPS) is 15.5. The van der Waals surface area contributed by atoms with Crippen LogP contribution in [0.25, 0.3) is 0 Å². The summed E-state index contributed by atoms with van der Waals surface area (Å²) in [7, 11) is 0. The highest BCUT2D eigenvalue weighted by Gasteiger charge is 2.16. The average Bonchev–Trinajstić information content (AvgIpc) is 3.31. The smallest absolute Gasteiger partial charge is 0.255 e. The van der Waals surface area contributed by atoms with E-state index in [1.807, 2.05) is 66.7 Å². The third kappa shape index (κ3) is 5.61. The number of anilines is 1. The van der Waals surface area contributed by atoms with Crippen LogP contribution in [-0.2, 0) is 11.3 Å². The summed E-state index contributed by atoms with van der Waals surface area (Å²) >= 11 is 0. The Morgan fingerprint density at radius 1 is 0.933 bits per heavy atom. The first-order valence-electron chi connectivity index (χ1n) is 10.2. The number of hydrogen-bond donors (Lipinski definition) is 1. The fourth-order valence-electron chi connectivity index (χ4n) is 3.30. The molecule has 1 atom stereocenters. The Balaban J connectivity index is 1.34. The summed E-state index contributed by atoms with van der Waals surface area (Å²) < 4.78 is 17.2. The summed E-state index contributed by atoms with van der Waals surface area (Å²) in [6.45, 7) is 1.78. The van der Waals surface area contributed by atoms with Crippen LogP contribution in [0.3, 0.4) is 0 Å². The van der Waals surface area contributed by atoms with Crippen LogP contribution >= 0.6 is 0 Å². The van der Waals surface area contributed by atoms with Gasteiger partial charge in [0.1, 0.15) is 24.7 Å². The molecule has 1 heterocycles. The van der Waals surface area contributed by atoms with Gasteiger partial charge < -0.3 is 19.5 Å². The number of amides is 1. The third-order valence-corrected chi connectivity index (χ3v) is 4.90. The van der Waals surface area contributed by atoms with Crippen LogP contribution in [0, 0.1) is 0 Å². The van der Waals surface area contributed by atoms with Crippen molar-refractivity contribution in [2.75, 3.05) is 18.5 Å². The molecule has 1 N–H and O–H groups in total. The minimum atomic E-state index is -0.198. The molecule has 0 aliphatic carbocycles. The first kappa shape index (κ1) is 20.0. The summed E-state index contributed by atoms with van der Waals surface area (Å²) in [5, 5.41) is 2.92. The molecular formula is C25H25NO4. The Labute approximate surface area is 176 Å². The molecule has 0 saturated carbocycles. The van der Waals surface area contributed by atoms with Crippen molar-refractivity contribution >= 4 is 11.6 Å². The molecule has 1 aliphatic rings. The SMILES string of the molecule is O=C(Nc1cccc(OCC2CCCO2)c1)c1cccc(OCc2ccccc2)c1.